The number of thiazole rings is 1. The summed E-state index contributed by atoms with van der Waals surface area (Å²) < 4.78 is 0. The van der Waals surface area contributed by atoms with Crippen LogP contribution in [0.3, 0.4) is 0 Å². The van der Waals surface area contributed by atoms with Crippen molar-refractivity contribution in [1.82, 2.24) is 10.3 Å². The first-order chi connectivity index (χ1) is 6.83. The van der Waals surface area contributed by atoms with Gasteiger partial charge < -0.3 is 5.32 Å². The number of nitrogens with one attached hydrogen (secondary N) is 1. The molecule has 0 aliphatic heterocycles. The number of nitrogens with zero attached hydrogens (tertiary/aromatic N) is 1. The van der Waals surface area contributed by atoms with E-state index in [1.165, 1.54) is 35.6 Å². The van der Waals surface area contributed by atoms with Crippen molar-refractivity contribution in [3.8, 4) is 0 Å². The van der Waals surface area contributed by atoms with Gasteiger partial charge in [-0.05, 0) is 19.9 Å². The molecule has 14 heavy (non-hydrogen) atoms. The monoisotopic (exact) mass is 212 g/mol. The second kappa shape index (κ2) is 6.96. The summed E-state index contributed by atoms with van der Waals surface area (Å²) in [4.78, 5) is 5.60. The van der Waals surface area contributed by atoms with E-state index >= 15 is 0 Å². The summed E-state index contributed by atoms with van der Waals surface area (Å²) in [7, 11) is 0. The predicted octanol–water partition coefficient (Wildman–Crippen LogP) is 3.12. The Balaban J connectivity index is 1.99. The normalized spacial score (nSPS) is 10.7. The molecule has 0 bridgehead atoms. The van der Waals surface area contributed by atoms with Crippen LogP contribution in [0.5, 0.6) is 0 Å². The molecule has 1 rings (SSSR count). The van der Waals surface area contributed by atoms with E-state index in [1.807, 2.05) is 6.20 Å². The van der Waals surface area contributed by atoms with Crippen molar-refractivity contribution in [2.75, 3.05) is 6.54 Å². The van der Waals surface area contributed by atoms with Gasteiger partial charge in [0.25, 0.3) is 0 Å². The van der Waals surface area contributed by atoms with Crippen LogP contribution in [0, 0.1) is 6.92 Å². The van der Waals surface area contributed by atoms with Crippen LogP contribution in [-0.2, 0) is 6.54 Å². The zero-order chi connectivity index (χ0) is 10.2. The van der Waals surface area contributed by atoms with E-state index in [0.717, 1.165) is 13.1 Å². The van der Waals surface area contributed by atoms with Gasteiger partial charge in [0.05, 0.1) is 0 Å². The second-order valence-electron chi connectivity index (χ2n) is 3.60. The maximum atomic E-state index is 4.31. The lowest BCUT2D eigenvalue weighted by molar-refractivity contribution is 0.597. The molecule has 0 fully saturated rings. The first kappa shape index (κ1) is 11.7. The summed E-state index contributed by atoms with van der Waals surface area (Å²) in [5.41, 5.74) is 0. The molecule has 1 aromatic heterocycles. The Labute approximate surface area is 90.8 Å². The molecular formula is C11H20N2S. The van der Waals surface area contributed by atoms with Crippen LogP contribution in [0.15, 0.2) is 6.20 Å². The maximum Gasteiger partial charge on any atom is 0.107 e. The fraction of sp³-hybridized carbons (Fsp3) is 0.727. The maximum absolute atomic E-state index is 4.31. The van der Waals surface area contributed by atoms with Gasteiger partial charge in [0.2, 0.25) is 0 Å². The Morgan fingerprint density at radius 1 is 1.36 bits per heavy atom. The Bertz CT molecular complexity index is 245. The minimum absolute atomic E-state index is 0.935. The highest BCUT2D eigenvalue weighted by atomic mass is 32.1. The fourth-order valence-corrected chi connectivity index (χ4v) is 2.11. The van der Waals surface area contributed by atoms with Gasteiger partial charge in [0, 0.05) is 17.6 Å². The quantitative estimate of drug-likeness (QED) is 0.702. The summed E-state index contributed by atoms with van der Waals surface area (Å²) in [6, 6.07) is 0. The molecule has 1 N–H and O–H groups in total. The molecule has 0 radical (unpaired) electrons. The van der Waals surface area contributed by atoms with E-state index < -0.39 is 0 Å². The first-order valence-corrected chi connectivity index (χ1v) is 6.26. The molecule has 3 heteroatoms. The molecular weight excluding hydrogens is 192 g/mol. The van der Waals surface area contributed by atoms with Crippen molar-refractivity contribution in [1.29, 1.82) is 0 Å². The Morgan fingerprint density at radius 2 is 2.21 bits per heavy atom. The van der Waals surface area contributed by atoms with Gasteiger partial charge in [-0.2, -0.15) is 0 Å². The van der Waals surface area contributed by atoms with E-state index in [-0.39, 0.29) is 0 Å². The van der Waals surface area contributed by atoms with Gasteiger partial charge in [-0.15, -0.1) is 11.3 Å². The van der Waals surface area contributed by atoms with Crippen molar-refractivity contribution < 1.29 is 0 Å². The third-order valence-corrected chi connectivity index (χ3v) is 3.07. The van der Waals surface area contributed by atoms with Gasteiger partial charge in [0.1, 0.15) is 5.01 Å². The lowest BCUT2D eigenvalue weighted by Gasteiger charge is -2.01. The molecule has 0 saturated carbocycles. The number of unbranched alkanes of at least 4 members (excludes halogenated alkanes) is 3. The van der Waals surface area contributed by atoms with E-state index in [0.29, 0.717) is 0 Å². The van der Waals surface area contributed by atoms with Crippen molar-refractivity contribution in [2.45, 2.75) is 46.1 Å². The number of aromatic nitrogens is 1. The highest BCUT2D eigenvalue weighted by molar-refractivity contribution is 7.11. The molecule has 0 amide bonds. The van der Waals surface area contributed by atoms with E-state index in [2.05, 4.69) is 24.1 Å². The second-order valence-corrected chi connectivity index (χ2v) is 4.92. The van der Waals surface area contributed by atoms with Crippen LogP contribution in [0.2, 0.25) is 0 Å². The SMILES string of the molecule is CCCCCCNCc1ncc(C)s1. The average molecular weight is 212 g/mol. The molecule has 0 aliphatic rings. The molecule has 0 atom stereocenters. The fourth-order valence-electron chi connectivity index (χ4n) is 1.36. The van der Waals surface area contributed by atoms with Crippen LogP contribution in [-0.4, -0.2) is 11.5 Å². The Kier molecular flexibility index (Phi) is 5.80. The van der Waals surface area contributed by atoms with Gasteiger partial charge in [-0.25, -0.2) is 4.98 Å². The van der Waals surface area contributed by atoms with Gasteiger partial charge >= 0.3 is 0 Å². The van der Waals surface area contributed by atoms with Crippen molar-refractivity contribution in [3.63, 3.8) is 0 Å². The summed E-state index contributed by atoms with van der Waals surface area (Å²) >= 11 is 1.78. The summed E-state index contributed by atoms with van der Waals surface area (Å²) in [5.74, 6) is 0. The lowest BCUT2D eigenvalue weighted by Crippen LogP contribution is -2.14. The van der Waals surface area contributed by atoms with Crippen LogP contribution in [0.4, 0.5) is 0 Å². The molecule has 0 aromatic carbocycles. The molecule has 1 aromatic rings. The highest BCUT2D eigenvalue weighted by Gasteiger charge is 1.96. The lowest BCUT2D eigenvalue weighted by atomic mass is 10.2. The molecule has 0 saturated heterocycles. The molecule has 0 aliphatic carbocycles. The molecule has 2 nitrogen and oxygen atoms in total. The van der Waals surface area contributed by atoms with Crippen LogP contribution < -0.4 is 5.32 Å². The predicted molar refractivity (Wildman–Crippen MR) is 62.7 cm³/mol. The summed E-state index contributed by atoms with van der Waals surface area (Å²) in [6.45, 7) is 6.40. The molecule has 1 heterocycles. The van der Waals surface area contributed by atoms with E-state index in [1.54, 1.807) is 11.3 Å². The van der Waals surface area contributed by atoms with Gasteiger partial charge in [-0.1, -0.05) is 26.2 Å². The highest BCUT2D eigenvalue weighted by Crippen LogP contribution is 2.10. The largest absolute Gasteiger partial charge is 0.310 e. The number of aryl methyl sites for hydroxylation is 1. The van der Waals surface area contributed by atoms with E-state index in [4.69, 9.17) is 0 Å². The van der Waals surface area contributed by atoms with Gasteiger partial charge in [0.15, 0.2) is 0 Å². The van der Waals surface area contributed by atoms with E-state index in [9.17, 15) is 0 Å². The molecule has 80 valence electrons. The number of hydrogen-bond acceptors (Lipinski definition) is 3. The third-order valence-electron chi connectivity index (χ3n) is 2.15. The number of hydrogen-bond donors (Lipinski definition) is 1. The van der Waals surface area contributed by atoms with Crippen LogP contribution in [0.25, 0.3) is 0 Å². The molecule has 0 spiro atoms. The minimum Gasteiger partial charge on any atom is -0.310 e. The Morgan fingerprint density at radius 3 is 2.86 bits per heavy atom. The minimum atomic E-state index is 0.935. The standard InChI is InChI=1S/C11H20N2S/c1-3-4-5-6-7-12-9-11-13-8-10(2)14-11/h8,12H,3-7,9H2,1-2H3. The third kappa shape index (κ3) is 4.72. The Hall–Kier alpha value is -0.410. The summed E-state index contributed by atoms with van der Waals surface area (Å²) in [6.07, 6.45) is 7.25. The topological polar surface area (TPSA) is 24.9 Å². The van der Waals surface area contributed by atoms with Gasteiger partial charge in [-0.3, -0.25) is 0 Å². The molecule has 0 unspecified atom stereocenters. The van der Waals surface area contributed by atoms with Crippen LogP contribution >= 0.6 is 11.3 Å². The average Bonchev–Trinajstić information content (AvgIpc) is 2.58. The number of rotatable bonds is 7. The summed E-state index contributed by atoms with van der Waals surface area (Å²) in [5, 5.41) is 4.63. The zero-order valence-electron chi connectivity index (χ0n) is 9.18. The zero-order valence-corrected chi connectivity index (χ0v) is 9.99. The van der Waals surface area contributed by atoms with Crippen molar-refractivity contribution in [2.24, 2.45) is 0 Å². The van der Waals surface area contributed by atoms with Crippen molar-refractivity contribution in [3.05, 3.63) is 16.1 Å². The smallest absolute Gasteiger partial charge is 0.107 e. The van der Waals surface area contributed by atoms with Crippen molar-refractivity contribution >= 4 is 11.3 Å². The first-order valence-electron chi connectivity index (χ1n) is 5.45. The van der Waals surface area contributed by atoms with Crippen LogP contribution in [0.1, 0.15) is 42.5 Å².